The zero-order valence-corrected chi connectivity index (χ0v) is 21.2. The number of piperazine rings is 1. The molecule has 9 heteroatoms. The highest BCUT2D eigenvalue weighted by Gasteiger charge is 2.25. The van der Waals surface area contributed by atoms with Crippen LogP contribution in [-0.4, -0.2) is 124 Å². The van der Waals surface area contributed by atoms with Crippen LogP contribution < -0.4 is 5.32 Å². The summed E-state index contributed by atoms with van der Waals surface area (Å²) in [6.45, 7) is 11.4. The third-order valence-corrected chi connectivity index (χ3v) is 6.57. The standard InChI is InChI=1S/C21H40N6O2.HI/c1-22-21(23-17-19-5-9-24(10-6-19)15-16-29-2)27-13-11-25(12-14-27)18-20(28)26-7-3-4-8-26;/h19H,3-18H2,1-2H3,(H,22,23);1H. The molecule has 0 aliphatic carbocycles. The number of hydrogen-bond acceptors (Lipinski definition) is 5. The molecule has 0 aromatic carbocycles. The van der Waals surface area contributed by atoms with Crippen molar-refractivity contribution < 1.29 is 9.53 Å². The van der Waals surface area contributed by atoms with Crippen LogP contribution in [0.4, 0.5) is 0 Å². The Kier molecular flexibility index (Phi) is 11.7. The van der Waals surface area contributed by atoms with Gasteiger partial charge in [0.05, 0.1) is 13.2 Å². The number of halogens is 1. The van der Waals surface area contributed by atoms with Crippen molar-refractivity contribution in [2.75, 3.05) is 92.8 Å². The average Bonchev–Trinajstić information content (AvgIpc) is 3.30. The van der Waals surface area contributed by atoms with Crippen LogP contribution in [0.15, 0.2) is 4.99 Å². The fourth-order valence-electron chi connectivity index (χ4n) is 4.58. The van der Waals surface area contributed by atoms with E-state index in [0.29, 0.717) is 18.4 Å². The lowest BCUT2D eigenvalue weighted by molar-refractivity contribution is -0.131. The topological polar surface area (TPSA) is 63.7 Å². The van der Waals surface area contributed by atoms with Crippen LogP contribution in [0.5, 0.6) is 0 Å². The number of methoxy groups -OCH3 is 1. The molecule has 1 N–H and O–H groups in total. The van der Waals surface area contributed by atoms with E-state index in [1.165, 1.54) is 12.8 Å². The molecule has 3 fully saturated rings. The van der Waals surface area contributed by atoms with Crippen molar-refractivity contribution in [3.8, 4) is 0 Å². The van der Waals surface area contributed by atoms with Crippen LogP contribution in [0.25, 0.3) is 0 Å². The summed E-state index contributed by atoms with van der Waals surface area (Å²) in [5, 5.41) is 3.61. The quantitative estimate of drug-likeness (QED) is 0.295. The van der Waals surface area contributed by atoms with Crippen LogP contribution in [0.3, 0.4) is 0 Å². The molecule has 0 spiro atoms. The van der Waals surface area contributed by atoms with Gasteiger partial charge < -0.3 is 24.8 Å². The normalized spacial score (nSPS) is 22.3. The van der Waals surface area contributed by atoms with Gasteiger partial charge in [0.2, 0.25) is 5.91 Å². The summed E-state index contributed by atoms with van der Waals surface area (Å²) in [5.74, 6) is 2.03. The smallest absolute Gasteiger partial charge is 0.236 e. The largest absolute Gasteiger partial charge is 0.383 e. The Morgan fingerprint density at radius 3 is 2.23 bits per heavy atom. The van der Waals surface area contributed by atoms with E-state index in [4.69, 9.17) is 4.74 Å². The summed E-state index contributed by atoms with van der Waals surface area (Å²) in [4.78, 5) is 26.0. The summed E-state index contributed by atoms with van der Waals surface area (Å²) in [7, 11) is 3.65. The Morgan fingerprint density at radius 2 is 1.63 bits per heavy atom. The second kappa shape index (κ2) is 13.7. The van der Waals surface area contributed by atoms with Gasteiger partial charge in [0.25, 0.3) is 0 Å². The number of guanidine groups is 1. The average molecular weight is 537 g/mol. The van der Waals surface area contributed by atoms with Gasteiger partial charge in [-0.3, -0.25) is 14.7 Å². The zero-order chi connectivity index (χ0) is 20.5. The molecule has 3 aliphatic heterocycles. The van der Waals surface area contributed by atoms with Crippen molar-refractivity contribution in [3.63, 3.8) is 0 Å². The van der Waals surface area contributed by atoms with Gasteiger partial charge in [-0.2, -0.15) is 0 Å². The summed E-state index contributed by atoms with van der Waals surface area (Å²) < 4.78 is 5.19. The molecule has 0 radical (unpaired) electrons. The molecule has 174 valence electrons. The molecule has 0 aromatic heterocycles. The van der Waals surface area contributed by atoms with Gasteiger partial charge in [-0.15, -0.1) is 24.0 Å². The highest BCUT2D eigenvalue weighted by molar-refractivity contribution is 14.0. The molecule has 8 nitrogen and oxygen atoms in total. The minimum Gasteiger partial charge on any atom is -0.383 e. The van der Waals surface area contributed by atoms with Crippen molar-refractivity contribution >= 4 is 35.8 Å². The number of rotatable bonds is 7. The monoisotopic (exact) mass is 536 g/mol. The minimum absolute atomic E-state index is 0. The summed E-state index contributed by atoms with van der Waals surface area (Å²) in [5.41, 5.74) is 0. The highest BCUT2D eigenvalue weighted by Crippen LogP contribution is 2.16. The Hall–Kier alpha value is -0.650. The van der Waals surface area contributed by atoms with E-state index in [1.807, 2.05) is 11.9 Å². The van der Waals surface area contributed by atoms with Crippen molar-refractivity contribution in [3.05, 3.63) is 0 Å². The van der Waals surface area contributed by atoms with Crippen molar-refractivity contribution in [2.45, 2.75) is 25.7 Å². The predicted octanol–water partition coefficient (Wildman–Crippen LogP) is 0.778. The number of amides is 1. The third-order valence-electron chi connectivity index (χ3n) is 6.57. The Balaban J connectivity index is 0.00000320. The van der Waals surface area contributed by atoms with Crippen molar-refractivity contribution in [1.82, 2.24) is 24.9 Å². The first kappa shape index (κ1) is 25.6. The first-order valence-corrected chi connectivity index (χ1v) is 11.4. The summed E-state index contributed by atoms with van der Waals surface area (Å²) in [6, 6.07) is 0. The zero-order valence-electron chi connectivity index (χ0n) is 18.9. The number of hydrogen-bond donors (Lipinski definition) is 1. The fourth-order valence-corrected chi connectivity index (χ4v) is 4.58. The molecule has 0 bridgehead atoms. The van der Waals surface area contributed by atoms with Gasteiger partial charge in [-0.25, -0.2) is 0 Å². The summed E-state index contributed by atoms with van der Waals surface area (Å²) >= 11 is 0. The number of nitrogens with zero attached hydrogens (tertiary/aromatic N) is 5. The second-order valence-corrected chi connectivity index (χ2v) is 8.56. The van der Waals surface area contributed by atoms with Crippen molar-refractivity contribution in [1.29, 1.82) is 0 Å². The molecular formula is C21H41IN6O2. The molecule has 3 heterocycles. The minimum atomic E-state index is 0. The Labute approximate surface area is 199 Å². The lowest BCUT2D eigenvalue weighted by Gasteiger charge is -2.37. The van der Waals surface area contributed by atoms with E-state index in [9.17, 15) is 4.79 Å². The van der Waals surface area contributed by atoms with Crippen LogP contribution in [0.1, 0.15) is 25.7 Å². The number of nitrogens with one attached hydrogen (secondary N) is 1. The van der Waals surface area contributed by atoms with Crippen LogP contribution in [0, 0.1) is 5.92 Å². The number of likely N-dealkylation sites (tertiary alicyclic amines) is 2. The number of carbonyl (C=O) groups excluding carboxylic acids is 1. The van der Waals surface area contributed by atoms with E-state index in [1.54, 1.807) is 7.11 Å². The van der Waals surface area contributed by atoms with E-state index >= 15 is 0 Å². The van der Waals surface area contributed by atoms with E-state index in [-0.39, 0.29) is 24.0 Å². The van der Waals surface area contributed by atoms with E-state index in [0.717, 1.165) is 90.9 Å². The lowest BCUT2D eigenvalue weighted by atomic mass is 9.97. The second-order valence-electron chi connectivity index (χ2n) is 8.56. The molecule has 3 saturated heterocycles. The lowest BCUT2D eigenvalue weighted by Crippen LogP contribution is -2.54. The van der Waals surface area contributed by atoms with Gasteiger partial charge in [0.15, 0.2) is 5.96 Å². The molecule has 0 atom stereocenters. The SMILES string of the molecule is CN=C(NCC1CCN(CCOC)CC1)N1CCN(CC(=O)N2CCCC2)CC1.I. The van der Waals surface area contributed by atoms with Gasteiger partial charge in [0, 0.05) is 66.5 Å². The Bertz CT molecular complexity index is 528. The maximum atomic E-state index is 12.4. The predicted molar refractivity (Wildman–Crippen MR) is 132 cm³/mol. The number of ether oxygens (including phenoxy) is 1. The van der Waals surface area contributed by atoms with Crippen LogP contribution in [-0.2, 0) is 9.53 Å². The van der Waals surface area contributed by atoms with Gasteiger partial charge in [-0.05, 0) is 44.7 Å². The van der Waals surface area contributed by atoms with Crippen molar-refractivity contribution in [2.24, 2.45) is 10.9 Å². The fraction of sp³-hybridized carbons (Fsp3) is 0.905. The Morgan fingerprint density at radius 1 is 0.967 bits per heavy atom. The van der Waals surface area contributed by atoms with Crippen LogP contribution in [0.2, 0.25) is 0 Å². The van der Waals surface area contributed by atoms with Gasteiger partial charge in [-0.1, -0.05) is 0 Å². The molecule has 0 aromatic rings. The molecule has 30 heavy (non-hydrogen) atoms. The molecule has 0 unspecified atom stereocenters. The number of piperidine rings is 1. The maximum Gasteiger partial charge on any atom is 0.236 e. The van der Waals surface area contributed by atoms with E-state index in [2.05, 4.69) is 25.0 Å². The number of carbonyl (C=O) groups is 1. The number of aliphatic imine (C=N–C) groups is 1. The van der Waals surface area contributed by atoms with E-state index < -0.39 is 0 Å². The highest BCUT2D eigenvalue weighted by atomic mass is 127. The summed E-state index contributed by atoms with van der Waals surface area (Å²) in [6.07, 6.45) is 4.79. The van der Waals surface area contributed by atoms with Gasteiger partial charge >= 0.3 is 0 Å². The maximum absolute atomic E-state index is 12.4. The molecule has 3 rings (SSSR count). The molecule has 3 aliphatic rings. The van der Waals surface area contributed by atoms with Crippen LogP contribution >= 0.6 is 24.0 Å². The van der Waals surface area contributed by atoms with Gasteiger partial charge in [0.1, 0.15) is 0 Å². The third kappa shape index (κ3) is 7.80. The first-order chi connectivity index (χ1) is 14.2. The molecule has 1 amide bonds. The molecule has 0 saturated carbocycles. The molecular weight excluding hydrogens is 495 g/mol. The first-order valence-electron chi connectivity index (χ1n) is 11.4.